The summed E-state index contributed by atoms with van der Waals surface area (Å²) in [4.78, 5) is 17.0. The predicted molar refractivity (Wildman–Crippen MR) is 85.6 cm³/mol. The van der Waals surface area contributed by atoms with Gasteiger partial charge in [0.2, 0.25) is 5.60 Å². The van der Waals surface area contributed by atoms with Crippen molar-refractivity contribution in [3.05, 3.63) is 66.2 Å². The lowest BCUT2D eigenvalue weighted by atomic mass is 9.90. The van der Waals surface area contributed by atoms with E-state index in [1.807, 2.05) is 60.7 Å². The second-order valence-corrected chi connectivity index (χ2v) is 5.49. The Morgan fingerprint density at radius 1 is 1.13 bits per heavy atom. The van der Waals surface area contributed by atoms with Crippen LogP contribution in [-0.2, 0) is 16.1 Å². The van der Waals surface area contributed by atoms with Crippen LogP contribution in [0.1, 0.15) is 12.0 Å². The van der Waals surface area contributed by atoms with Gasteiger partial charge in [0.25, 0.3) is 0 Å². The molecule has 1 heterocycles. The highest BCUT2D eigenvalue weighted by Gasteiger charge is 2.47. The first kappa shape index (κ1) is 15.1. The minimum absolute atomic E-state index is 0.212. The first-order chi connectivity index (χ1) is 11.2. The highest BCUT2D eigenvalue weighted by molar-refractivity contribution is 5.94. The van der Waals surface area contributed by atoms with E-state index in [-0.39, 0.29) is 19.4 Å². The van der Waals surface area contributed by atoms with Crippen LogP contribution in [0.4, 0.5) is 0 Å². The third-order valence-corrected chi connectivity index (χ3v) is 3.71. The van der Waals surface area contributed by atoms with Crippen LogP contribution in [0.3, 0.4) is 0 Å². The summed E-state index contributed by atoms with van der Waals surface area (Å²) < 4.78 is 5.61. The molecule has 5 nitrogen and oxygen atoms in total. The third-order valence-electron chi connectivity index (χ3n) is 3.71. The second-order valence-electron chi connectivity index (χ2n) is 5.49. The summed E-state index contributed by atoms with van der Waals surface area (Å²) in [5, 5.41) is 13.5. The zero-order chi connectivity index (χ0) is 16.1. The number of carboxylic acid groups (broad SMARTS) is 1. The van der Waals surface area contributed by atoms with Gasteiger partial charge >= 0.3 is 5.97 Å². The Morgan fingerprint density at radius 3 is 2.43 bits per heavy atom. The fourth-order valence-electron chi connectivity index (χ4n) is 2.52. The molecular formula is C18H17NO4. The number of hydrogen-bond donors (Lipinski definition) is 1. The van der Waals surface area contributed by atoms with E-state index in [0.717, 1.165) is 5.56 Å². The van der Waals surface area contributed by atoms with Gasteiger partial charge in [0.15, 0.2) is 0 Å². The Bertz CT molecular complexity index is 699. The highest BCUT2D eigenvalue weighted by Crippen LogP contribution is 2.29. The van der Waals surface area contributed by atoms with E-state index in [9.17, 15) is 9.90 Å². The number of carboxylic acids is 1. The lowest BCUT2D eigenvalue weighted by Crippen LogP contribution is -2.41. The Morgan fingerprint density at radius 2 is 1.78 bits per heavy atom. The van der Waals surface area contributed by atoms with Gasteiger partial charge in [0, 0.05) is 12.8 Å². The van der Waals surface area contributed by atoms with Crippen molar-refractivity contribution in [2.45, 2.75) is 18.4 Å². The Hall–Kier alpha value is -2.82. The molecule has 1 aliphatic rings. The average Bonchev–Trinajstić information content (AvgIpc) is 2.99. The summed E-state index contributed by atoms with van der Waals surface area (Å²) in [7, 11) is 0. The molecule has 0 aliphatic carbocycles. The van der Waals surface area contributed by atoms with Gasteiger partial charge < -0.3 is 14.7 Å². The monoisotopic (exact) mass is 311 g/mol. The summed E-state index contributed by atoms with van der Waals surface area (Å²) in [6, 6.07) is 18.7. The molecule has 0 aromatic heterocycles. The molecule has 0 amide bonds. The number of ether oxygens (including phenoxy) is 1. The predicted octanol–water partition coefficient (Wildman–Crippen LogP) is 2.91. The summed E-state index contributed by atoms with van der Waals surface area (Å²) in [5.41, 5.74) is 0.138. The highest BCUT2D eigenvalue weighted by atomic mass is 16.7. The van der Waals surface area contributed by atoms with Gasteiger partial charge in [-0.1, -0.05) is 53.7 Å². The number of nitrogens with zero attached hydrogens (tertiary/aromatic N) is 1. The molecular weight excluding hydrogens is 294 g/mol. The largest absolute Gasteiger partial charge is 0.488 e. The molecule has 2 aromatic carbocycles. The number of aliphatic carboxylic acids is 1. The average molecular weight is 311 g/mol. The Labute approximate surface area is 134 Å². The Kier molecular flexibility index (Phi) is 4.28. The number of carbonyl (C=O) groups is 1. The number of oxime groups is 1. The summed E-state index contributed by atoms with van der Waals surface area (Å²) in [6.07, 6.45) is 0.478. The smallest absolute Gasteiger partial charge is 0.351 e. The number of hydrogen-bond acceptors (Lipinski definition) is 4. The van der Waals surface area contributed by atoms with Gasteiger partial charge in [0.1, 0.15) is 12.4 Å². The van der Waals surface area contributed by atoms with Crippen molar-refractivity contribution >= 4 is 11.7 Å². The van der Waals surface area contributed by atoms with E-state index >= 15 is 0 Å². The van der Waals surface area contributed by atoms with Gasteiger partial charge in [-0.2, -0.15) is 0 Å². The standard InChI is InChI=1S/C18H17NO4/c20-17(21)18(11-14-7-3-1-4-8-14)12-15(19-23-18)13-22-16-9-5-2-6-10-16/h1-10H,11-13H2,(H,20,21). The molecule has 3 rings (SSSR count). The topological polar surface area (TPSA) is 68.1 Å². The van der Waals surface area contributed by atoms with Crippen molar-refractivity contribution in [1.82, 2.24) is 0 Å². The van der Waals surface area contributed by atoms with Gasteiger partial charge in [-0.3, -0.25) is 0 Å². The molecule has 1 aliphatic heterocycles. The Balaban J connectivity index is 1.65. The summed E-state index contributed by atoms with van der Waals surface area (Å²) >= 11 is 0. The minimum atomic E-state index is -1.35. The molecule has 23 heavy (non-hydrogen) atoms. The normalized spacial score (nSPS) is 19.7. The zero-order valence-electron chi connectivity index (χ0n) is 12.5. The molecule has 1 unspecified atom stereocenters. The molecule has 118 valence electrons. The molecule has 0 fully saturated rings. The van der Waals surface area contributed by atoms with Crippen LogP contribution in [0.5, 0.6) is 5.75 Å². The van der Waals surface area contributed by atoms with Crippen molar-refractivity contribution in [2.24, 2.45) is 5.16 Å². The van der Waals surface area contributed by atoms with Gasteiger partial charge in [0.05, 0.1) is 5.71 Å². The van der Waals surface area contributed by atoms with Crippen LogP contribution in [0.2, 0.25) is 0 Å². The molecule has 0 radical (unpaired) electrons. The molecule has 0 spiro atoms. The van der Waals surface area contributed by atoms with Crippen molar-refractivity contribution in [3.63, 3.8) is 0 Å². The van der Waals surface area contributed by atoms with E-state index < -0.39 is 11.6 Å². The maximum absolute atomic E-state index is 11.7. The molecule has 1 atom stereocenters. The second kappa shape index (κ2) is 6.52. The van der Waals surface area contributed by atoms with Crippen LogP contribution in [0.25, 0.3) is 0 Å². The van der Waals surface area contributed by atoms with Crippen LogP contribution < -0.4 is 4.74 Å². The summed E-state index contributed by atoms with van der Waals surface area (Å²) in [5.74, 6) is -0.300. The summed E-state index contributed by atoms with van der Waals surface area (Å²) in [6.45, 7) is 0.216. The molecule has 0 bridgehead atoms. The molecule has 0 saturated carbocycles. The van der Waals surface area contributed by atoms with Gasteiger partial charge in [-0.15, -0.1) is 0 Å². The van der Waals surface area contributed by atoms with Crippen LogP contribution in [0, 0.1) is 0 Å². The van der Waals surface area contributed by atoms with Crippen LogP contribution >= 0.6 is 0 Å². The van der Waals surface area contributed by atoms with Crippen molar-refractivity contribution in [2.75, 3.05) is 6.61 Å². The molecule has 2 aromatic rings. The van der Waals surface area contributed by atoms with E-state index in [2.05, 4.69) is 5.16 Å². The number of benzene rings is 2. The van der Waals surface area contributed by atoms with Crippen molar-refractivity contribution < 1.29 is 19.5 Å². The van der Waals surface area contributed by atoms with E-state index in [1.54, 1.807) is 0 Å². The first-order valence-corrected chi connectivity index (χ1v) is 7.37. The quantitative estimate of drug-likeness (QED) is 0.890. The van der Waals surface area contributed by atoms with E-state index in [1.165, 1.54) is 0 Å². The fourth-order valence-corrected chi connectivity index (χ4v) is 2.52. The van der Waals surface area contributed by atoms with Crippen LogP contribution in [-0.4, -0.2) is 29.0 Å². The molecule has 1 N–H and O–H groups in total. The van der Waals surface area contributed by atoms with Crippen LogP contribution in [0.15, 0.2) is 65.8 Å². The SMILES string of the molecule is O=C(O)C1(Cc2ccccc2)CC(COc2ccccc2)=NO1. The first-order valence-electron chi connectivity index (χ1n) is 7.37. The number of para-hydroxylation sites is 1. The van der Waals surface area contributed by atoms with Crippen molar-refractivity contribution in [3.8, 4) is 5.75 Å². The lowest BCUT2D eigenvalue weighted by molar-refractivity contribution is -0.162. The van der Waals surface area contributed by atoms with E-state index in [0.29, 0.717) is 11.5 Å². The van der Waals surface area contributed by atoms with Gasteiger partial charge in [-0.25, -0.2) is 4.79 Å². The fraction of sp³-hybridized carbons (Fsp3) is 0.222. The zero-order valence-corrected chi connectivity index (χ0v) is 12.5. The van der Waals surface area contributed by atoms with Crippen molar-refractivity contribution in [1.29, 1.82) is 0 Å². The minimum Gasteiger partial charge on any atom is -0.488 e. The molecule has 0 saturated heterocycles. The maximum atomic E-state index is 11.7. The third kappa shape index (κ3) is 3.51. The van der Waals surface area contributed by atoms with E-state index in [4.69, 9.17) is 9.57 Å². The molecule has 5 heteroatoms. The number of rotatable bonds is 6. The lowest BCUT2D eigenvalue weighted by Gasteiger charge is -2.21. The van der Waals surface area contributed by atoms with Gasteiger partial charge in [-0.05, 0) is 17.7 Å². The maximum Gasteiger partial charge on any atom is 0.351 e.